The average Bonchev–Trinajstić information content (AvgIpc) is 3.37. The maximum absolute atomic E-state index is 12.9. The van der Waals surface area contributed by atoms with Gasteiger partial charge in [-0.25, -0.2) is 9.59 Å². The first-order valence-electron chi connectivity index (χ1n) is 15.1. The molecule has 2 aliphatic rings. The number of H-pyrrole nitrogens is 1. The molecule has 11 nitrogen and oxygen atoms in total. The zero-order valence-electron chi connectivity index (χ0n) is 27.8. The van der Waals surface area contributed by atoms with E-state index in [-0.39, 0.29) is 18.2 Å². The van der Waals surface area contributed by atoms with Crippen molar-refractivity contribution in [2.75, 3.05) is 6.61 Å². The third-order valence-electron chi connectivity index (χ3n) is 8.05. The van der Waals surface area contributed by atoms with Crippen molar-refractivity contribution in [1.82, 2.24) is 20.5 Å². The minimum atomic E-state index is -1.28. The Morgan fingerprint density at radius 3 is 2.31 bits per heavy atom. The maximum atomic E-state index is 12.9. The number of halogens is 1. The molecule has 1 aromatic carbocycles. The summed E-state index contributed by atoms with van der Waals surface area (Å²) >= 11 is 7.08. The molecule has 2 aromatic rings. The number of ether oxygens (including phenoxy) is 2. The van der Waals surface area contributed by atoms with Gasteiger partial charge in [0, 0.05) is 28.1 Å². The molecule has 13 heteroatoms. The van der Waals surface area contributed by atoms with Crippen LogP contribution in [-0.2, 0) is 25.2 Å². The molecule has 2 atom stereocenters. The Labute approximate surface area is 270 Å². The van der Waals surface area contributed by atoms with E-state index < -0.39 is 53.2 Å². The van der Waals surface area contributed by atoms with Crippen LogP contribution < -0.4 is 10.6 Å². The molecule has 1 unspecified atom stereocenters. The first-order valence-corrected chi connectivity index (χ1v) is 15.5. The number of hydrogen-bond donors (Lipinski definition) is 4. The van der Waals surface area contributed by atoms with Gasteiger partial charge in [-0.2, -0.15) is 0 Å². The van der Waals surface area contributed by atoms with Crippen molar-refractivity contribution in [1.29, 1.82) is 0 Å². The van der Waals surface area contributed by atoms with E-state index in [1.54, 1.807) is 31.7 Å². The Morgan fingerprint density at radius 2 is 1.73 bits per heavy atom. The van der Waals surface area contributed by atoms with Crippen molar-refractivity contribution in [3.8, 4) is 0 Å². The van der Waals surface area contributed by atoms with Gasteiger partial charge in [0.15, 0.2) is 11.6 Å². The number of alkyl carbamates (subject to hydrolysis) is 1. The molecule has 0 radical (unpaired) electrons. The Hall–Kier alpha value is -3.35. The second kappa shape index (κ2) is 12.5. The number of alkyl halides is 1. The van der Waals surface area contributed by atoms with Crippen LogP contribution in [0, 0.1) is 0 Å². The summed E-state index contributed by atoms with van der Waals surface area (Å²) in [7, 11) is -0.811. The minimum absolute atomic E-state index is 0.0169. The number of amides is 2. The first kappa shape index (κ1) is 34.5. The number of fused-ring (bicyclic) bond motifs is 1. The SMILES string of the molecule is CC(C)(C)OC(=O)N[C@H](COC1=C(NC(=O)O)N(C(C)(C)C)C(Cl)C(B2OC(C)(C)C(C)(C)O2)=C1)Cc1c[nH]c2ccccc12. The number of nitrogens with zero attached hydrogens (tertiary/aromatic N) is 1. The fraction of sp³-hybridized carbons (Fsp3) is 0.562. The number of carbonyl (C=O) groups is 2. The van der Waals surface area contributed by atoms with Crippen molar-refractivity contribution >= 4 is 41.8 Å². The highest BCUT2D eigenvalue weighted by atomic mass is 35.5. The number of aromatic nitrogens is 1. The quantitative estimate of drug-likeness (QED) is 0.150. The van der Waals surface area contributed by atoms with E-state index in [4.69, 9.17) is 30.4 Å². The van der Waals surface area contributed by atoms with E-state index >= 15 is 0 Å². The van der Waals surface area contributed by atoms with E-state index in [0.717, 1.165) is 16.5 Å². The fourth-order valence-electron chi connectivity index (χ4n) is 5.22. The Kier molecular flexibility index (Phi) is 9.55. The summed E-state index contributed by atoms with van der Waals surface area (Å²) in [6.45, 7) is 18.9. The number of aromatic amines is 1. The lowest BCUT2D eigenvalue weighted by atomic mass is 9.75. The summed E-state index contributed by atoms with van der Waals surface area (Å²) in [4.78, 5) is 30.0. The van der Waals surface area contributed by atoms with E-state index in [1.807, 2.05) is 78.9 Å². The number of carbonyl (C=O) groups excluding carboxylic acids is 1. The Morgan fingerprint density at radius 1 is 1.11 bits per heavy atom. The number of para-hydroxylation sites is 1. The molecule has 45 heavy (non-hydrogen) atoms. The van der Waals surface area contributed by atoms with Crippen LogP contribution in [0.25, 0.3) is 10.9 Å². The monoisotopic (exact) mass is 644 g/mol. The molecule has 3 heterocycles. The van der Waals surface area contributed by atoms with E-state index in [2.05, 4.69) is 15.6 Å². The summed E-state index contributed by atoms with van der Waals surface area (Å²) in [6.07, 6.45) is 2.11. The van der Waals surface area contributed by atoms with Crippen LogP contribution >= 0.6 is 11.6 Å². The summed E-state index contributed by atoms with van der Waals surface area (Å²) in [6, 6.07) is 7.34. The number of nitrogens with one attached hydrogen (secondary N) is 3. The van der Waals surface area contributed by atoms with E-state index in [1.165, 1.54) is 0 Å². The van der Waals surface area contributed by atoms with Gasteiger partial charge in [0.2, 0.25) is 0 Å². The Balaban J connectivity index is 1.72. The molecule has 0 bridgehead atoms. The third kappa shape index (κ3) is 7.91. The molecule has 0 spiro atoms. The second-order valence-corrected chi connectivity index (χ2v) is 14.9. The van der Waals surface area contributed by atoms with Gasteiger partial charge in [-0.3, -0.25) is 5.32 Å². The van der Waals surface area contributed by atoms with Crippen LogP contribution in [0.2, 0.25) is 0 Å². The van der Waals surface area contributed by atoms with Crippen molar-refractivity contribution in [2.45, 2.75) is 110 Å². The average molecular weight is 645 g/mol. The van der Waals surface area contributed by atoms with Gasteiger partial charge in [0.25, 0.3) is 0 Å². The molecule has 1 aromatic heterocycles. The van der Waals surface area contributed by atoms with Crippen LogP contribution in [0.1, 0.15) is 74.8 Å². The number of hydrogen-bond acceptors (Lipinski definition) is 7. The first-order chi connectivity index (χ1) is 20.7. The Bertz CT molecular complexity index is 1470. The summed E-state index contributed by atoms with van der Waals surface area (Å²) in [5.74, 6) is 0.377. The summed E-state index contributed by atoms with van der Waals surface area (Å²) in [5.41, 5.74) is -0.940. The van der Waals surface area contributed by atoms with Gasteiger partial charge in [0.05, 0.1) is 17.2 Å². The van der Waals surface area contributed by atoms with E-state index in [9.17, 15) is 14.7 Å². The predicted molar refractivity (Wildman–Crippen MR) is 175 cm³/mol. The zero-order chi connectivity index (χ0) is 33.5. The van der Waals surface area contributed by atoms with Gasteiger partial charge in [0.1, 0.15) is 17.7 Å². The molecule has 1 saturated heterocycles. The lowest BCUT2D eigenvalue weighted by Crippen LogP contribution is -2.54. The van der Waals surface area contributed by atoms with Crippen molar-refractivity contribution in [2.24, 2.45) is 0 Å². The van der Waals surface area contributed by atoms with Crippen molar-refractivity contribution < 1.29 is 33.5 Å². The minimum Gasteiger partial charge on any atom is -0.488 e. The third-order valence-corrected chi connectivity index (χ3v) is 8.50. The molecular weight excluding hydrogens is 599 g/mol. The number of benzene rings is 1. The number of allylic oxidation sites excluding steroid dienone is 1. The summed E-state index contributed by atoms with van der Waals surface area (Å²) < 4.78 is 24.6. The second-order valence-electron chi connectivity index (χ2n) is 14.5. The molecule has 246 valence electrons. The van der Waals surface area contributed by atoms with Crippen LogP contribution in [0.15, 0.2) is 53.6 Å². The molecule has 2 aliphatic heterocycles. The predicted octanol–water partition coefficient (Wildman–Crippen LogP) is 6.29. The summed E-state index contributed by atoms with van der Waals surface area (Å²) in [5, 5.41) is 16.3. The number of rotatable bonds is 8. The van der Waals surface area contributed by atoms with Gasteiger partial charge in [-0.1, -0.05) is 29.8 Å². The van der Waals surface area contributed by atoms with Crippen LogP contribution in [0.4, 0.5) is 9.59 Å². The highest BCUT2D eigenvalue weighted by Gasteiger charge is 2.55. The lowest BCUT2D eigenvalue weighted by Gasteiger charge is -2.45. The highest BCUT2D eigenvalue weighted by molar-refractivity contribution is 6.57. The molecular formula is C32H46BClN4O7. The molecule has 4 rings (SSSR count). The maximum Gasteiger partial charge on any atom is 0.494 e. The molecule has 0 saturated carbocycles. The van der Waals surface area contributed by atoms with Crippen molar-refractivity contribution in [3.05, 3.63) is 59.2 Å². The molecule has 4 N–H and O–H groups in total. The van der Waals surface area contributed by atoms with Gasteiger partial charge in [-0.15, -0.1) is 0 Å². The zero-order valence-corrected chi connectivity index (χ0v) is 28.6. The topological polar surface area (TPSA) is 134 Å². The molecule has 0 aliphatic carbocycles. The van der Waals surface area contributed by atoms with Crippen LogP contribution in [-0.4, -0.2) is 74.8 Å². The molecule has 1 fully saturated rings. The largest absolute Gasteiger partial charge is 0.494 e. The van der Waals surface area contributed by atoms with Gasteiger partial charge < -0.3 is 39.1 Å². The fourth-order valence-corrected chi connectivity index (χ4v) is 5.78. The normalized spacial score (nSPS) is 20.6. The smallest absolute Gasteiger partial charge is 0.488 e. The molecule has 2 amide bonds. The lowest BCUT2D eigenvalue weighted by molar-refractivity contribution is 0.00578. The van der Waals surface area contributed by atoms with Crippen LogP contribution in [0.5, 0.6) is 0 Å². The van der Waals surface area contributed by atoms with Crippen molar-refractivity contribution in [3.63, 3.8) is 0 Å². The van der Waals surface area contributed by atoms with E-state index in [0.29, 0.717) is 11.9 Å². The van der Waals surface area contributed by atoms with Gasteiger partial charge in [-0.05, 0) is 93.4 Å². The highest BCUT2D eigenvalue weighted by Crippen LogP contribution is 2.43. The number of carboxylic acid groups (broad SMARTS) is 1. The van der Waals surface area contributed by atoms with Gasteiger partial charge >= 0.3 is 19.3 Å². The standard InChI is InChI=1S/C32H46BClN4O7/c1-29(2,3)38-25(34)22(33-44-31(7,8)32(9,10)45-33)16-24(26(38)37-27(39)40)42-18-20(36-28(41)43-30(4,5)6)15-19-17-35-23-14-12-11-13-21(19)23/h11-14,16-17,20,25,35,37H,15,18H2,1-10H3,(H,36,41)(H,39,40)/t20-,25?/m0/s1. The van der Waals surface area contributed by atoms with Crippen LogP contribution in [0.3, 0.4) is 0 Å².